The Hall–Kier alpha value is 0.276. The predicted octanol–water partition coefficient (Wildman–Crippen LogP) is -1.88. The minimum absolute atomic E-state index is 0. The first-order valence-electron chi connectivity index (χ1n) is 4.11. The molecule has 0 spiro atoms. The van der Waals surface area contributed by atoms with Crippen molar-refractivity contribution in [3.63, 3.8) is 0 Å². The number of nitrogens with zero attached hydrogens (tertiary/aromatic N) is 2. The fourth-order valence-electron chi connectivity index (χ4n) is 0.922. The first kappa shape index (κ1) is 14.3. The van der Waals surface area contributed by atoms with Crippen LogP contribution < -0.4 is 51.4 Å². The summed E-state index contributed by atoms with van der Waals surface area (Å²) in [6, 6.07) is 0. The molecule has 0 saturated carbocycles. The van der Waals surface area contributed by atoms with Crippen LogP contribution in [0.1, 0.15) is 17.4 Å². The largest absolute Gasteiger partial charge is 1.00 e. The molecule has 72 valence electrons. The molecule has 1 N–H and O–H groups in total. The van der Waals surface area contributed by atoms with Gasteiger partial charge in [0.05, 0.1) is 12.9 Å². The van der Waals surface area contributed by atoms with E-state index in [2.05, 4.69) is 4.98 Å². The van der Waals surface area contributed by atoms with Crippen LogP contribution in [-0.4, -0.2) is 28.7 Å². The summed E-state index contributed by atoms with van der Waals surface area (Å²) in [6.07, 6.45) is 3.12. The van der Waals surface area contributed by atoms with Crippen molar-refractivity contribution in [2.45, 2.75) is 13.5 Å². The summed E-state index contributed by atoms with van der Waals surface area (Å²) in [4.78, 5) is 15.0. The summed E-state index contributed by atoms with van der Waals surface area (Å²) >= 11 is 0. The van der Waals surface area contributed by atoms with E-state index in [0.29, 0.717) is 18.8 Å². The summed E-state index contributed by atoms with van der Waals surface area (Å²) in [5.41, 5.74) is 7.27. The maximum atomic E-state index is 11.1. The van der Waals surface area contributed by atoms with E-state index in [4.69, 9.17) is 10.5 Å². The van der Waals surface area contributed by atoms with E-state index in [-0.39, 0.29) is 57.9 Å². The van der Waals surface area contributed by atoms with Gasteiger partial charge in [0.15, 0.2) is 5.69 Å². The van der Waals surface area contributed by atoms with E-state index in [1.165, 1.54) is 6.33 Å². The predicted molar refractivity (Wildman–Crippen MR) is 47.4 cm³/mol. The smallest absolute Gasteiger partial charge is 0.676 e. The van der Waals surface area contributed by atoms with Crippen LogP contribution in [0.5, 0.6) is 0 Å². The van der Waals surface area contributed by atoms with Crippen LogP contribution >= 0.6 is 0 Å². The van der Waals surface area contributed by atoms with Gasteiger partial charge >= 0.3 is 57.4 Å². The molecule has 1 heterocycles. The summed E-state index contributed by atoms with van der Waals surface area (Å²) in [5, 5.41) is 0. The molecular formula is C8H12KN3O2. The van der Waals surface area contributed by atoms with Crippen molar-refractivity contribution in [2.24, 2.45) is 0 Å². The summed E-state index contributed by atoms with van der Waals surface area (Å²) in [7, 11) is 0. The normalized spacial score (nSPS) is 9.29. The van der Waals surface area contributed by atoms with Crippen molar-refractivity contribution in [3.05, 3.63) is 24.0 Å². The Kier molecular flexibility index (Phi) is 7.70. The molecule has 14 heavy (non-hydrogen) atoms. The molecule has 1 aromatic rings. The van der Waals surface area contributed by atoms with Crippen LogP contribution in [0.2, 0.25) is 0 Å². The maximum absolute atomic E-state index is 11.1. The van der Waals surface area contributed by atoms with Crippen LogP contribution in [0.4, 0.5) is 0 Å². The van der Waals surface area contributed by atoms with Crippen molar-refractivity contribution in [3.8, 4) is 0 Å². The monoisotopic (exact) mass is 221 g/mol. The van der Waals surface area contributed by atoms with Crippen molar-refractivity contribution < 1.29 is 60.9 Å². The van der Waals surface area contributed by atoms with Gasteiger partial charge in [-0.25, -0.2) is 9.78 Å². The molecule has 0 unspecified atom stereocenters. The van der Waals surface area contributed by atoms with Gasteiger partial charge in [-0.15, -0.1) is 6.54 Å². The quantitative estimate of drug-likeness (QED) is 0.441. The van der Waals surface area contributed by atoms with Crippen molar-refractivity contribution in [1.82, 2.24) is 9.55 Å². The van der Waals surface area contributed by atoms with Gasteiger partial charge in [0.1, 0.15) is 0 Å². The van der Waals surface area contributed by atoms with E-state index in [0.717, 1.165) is 0 Å². The van der Waals surface area contributed by atoms with E-state index in [1.807, 2.05) is 0 Å². The zero-order chi connectivity index (χ0) is 9.68. The number of ether oxygens (including phenoxy) is 1. The molecule has 1 aromatic heterocycles. The third-order valence-electron chi connectivity index (χ3n) is 1.49. The molecule has 0 aliphatic carbocycles. The average molecular weight is 221 g/mol. The summed E-state index contributed by atoms with van der Waals surface area (Å²) in [6.45, 7) is 2.92. The van der Waals surface area contributed by atoms with Crippen molar-refractivity contribution in [1.29, 1.82) is 0 Å². The Morgan fingerprint density at radius 3 is 3.00 bits per heavy atom. The minimum atomic E-state index is -0.411. The minimum Gasteiger partial charge on any atom is -0.676 e. The number of esters is 1. The third-order valence-corrected chi connectivity index (χ3v) is 1.49. The molecular weight excluding hydrogens is 209 g/mol. The van der Waals surface area contributed by atoms with Crippen LogP contribution in [0.25, 0.3) is 5.73 Å². The number of aromatic nitrogens is 2. The van der Waals surface area contributed by atoms with E-state index >= 15 is 0 Å². The van der Waals surface area contributed by atoms with Gasteiger partial charge in [0, 0.05) is 12.7 Å². The second-order valence-corrected chi connectivity index (χ2v) is 2.47. The number of carbonyl (C=O) groups excluding carboxylic acids is 1. The molecule has 0 aliphatic heterocycles. The second kappa shape index (κ2) is 7.55. The molecule has 0 atom stereocenters. The van der Waals surface area contributed by atoms with Crippen LogP contribution in [0.15, 0.2) is 12.5 Å². The molecule has 0 aromatic carbocycles. The topological polar surface area (TPSA) is 67.9 Å². The first-order valence-corrected chi connectivity index (χ1v) is 4.11. The Balaban J connectivity index is 0.00000169. The van der Waals surface area contributed by atoms with E-state index in [1.54, 1.807) is 17.7 Å². The molecule has 0 saturated heterocycles. The fourth-order valence-corrected chi connectivity index (χ4v) is 0.922. The van der Waals surface area contributed by atoms with Crippen molar-refractivity contribution in [2.75, 3.05) is 13.2 Å². The van der Waals surface area contributed by atoms with Crippen LogP contribution in [-0.2, 0) is 11.3 Å². The number of rotatable bonds is 4. The van der Waals surface area contributed by atoms with E-state index in [9.17, 15) is 4.79 Å². The molecule has 1 rings (SSSR count). The van der Waals surface area contributed by atoms with Gasteiger partial charge in [-0.05, 0) is 6.92 Å². The second-order valence-electron chi connectivity index (χ2n) is 2.47. The molecule has 0 radical (unpaired) electrons. The number of hydrogen-bond donors (Lipinski definition) is 0. The zero-order valence-electron chi connectivity index (χ0n) is 8.49. The molecule has 5 nitrogen and oxygen atoms in total. The van der Waals surface area contributed by atoms with Gasteiger partial charge in [0.2, 0.25) is 0 Å². The first-order chi connectivity index (χ1) is 6.27. The molecule has 6 heteroatoms. The molecule has 0 fully saturated rings. The average Bonchev–Trinajstić information content (AvgIpc) is 2.54. The summed E-state index contributed by atoms with van der Waals surface area (Å²) in [5.74, 6) is -0.411. The number of hydrogen-bond acceptors (Lipinski definition) is 3. The van der Waals surface area contributed by atoms with Gasteiger partial charge in [-0.1, -0.05) is 0 Å². The van der Waals surface area contributed by atoms with Gasteiger partial charge < -0.3 is 15.0 Å². The van der Waals surface area contributed by atoms with Crippen molar-refractivity contribution >= 4 is 5.97 Å². The molecule has 0 amide bonds. The Bertz CT molecular complexity index is 288. The zero-order valence-corrected chi connectivity index (χ0v) is 11.6. The van der Waals surface area contributed by atoms with Gasteiger partial charge in [-0.2, -0.15) is 0 Å². The Morgan fingerprint density at radius 1 is 1.71 bits per heavy atom. The Morgan fingerprint density at radius 2 is 2.43 bits per heavy atom. The van der Waals surface area contributed by atoms with E-state index < -0.39 is 5.97 Å². The maximum Gasteiger partial charge on any atom is 1.00 e. The number of carbonyl (C=O) groups is 1. The molecule has 0 bridgehead atoms. The fraction of sp³-hybridized carbons (Fsp3) is 0.500. The standard InChI is InChI=1S/C8H12N3O2.K/c1-2-13-8(12)7-5-11(4-3-9)6-10-7;/h5-6,9H,2-4H2,1H3;/q-1;+1. The van der Waals surface area contributed by atoms with Gasteiger partial charge in [0.25, 0.3) is 0 Å². The number of imidazole rings is 1. The van der Waals surface area contributed by atoms with Crippen LogP contribution in [0.3, 0.4) is 0 Å². The van der Waals surface area contributed by atoms with Gasteiger partial charge in [-0.3, -0.25) is 0 Å². The Labute approximate surface area is 125 Å². The molecule has 0 aliphatic rings. The third kappa shape index (κ3) is 4.20. The SMILES string of the molecule is CCOC(=O)c1cn(CC[NH-])cn1.[K+]. The number of nitrogens with one attached hydrogen (secondary N) is 1. The van der Waals surface area contributed by atoms with Crippen LogP contribution in [0, 0.1) is 0 Å². The summed E-state index contributed by atoms with van der Waals surface area (Å²) < 4.78 is 6.45.